The fraction of sp³-hybridized carbons (Fsp3) is 0.0455. The highest BCUT2D eigenvalue weighted by Crippen LogP contribution is 2.41. The van der Waals surface area contributed by atoms with Crippen molar-refractivity contribution in [2.75, 3.05) is 0 Å². The van der Waals surface area contributed by atoms with Gasteiger partial charge in [0.05, 0.1) is 22.2 Å². The zero-order chi connectivity index (χ0) is 32.0. The number of fused-ring (bicyclic) bond motifs is 4. The van der Waals surface area contributed by atoms with Gasteiger partial charge in [0.2, 0.25) is 0 Å². The van der Waals surface area contributed by atoms with Gasteiger partial charge in [-0.05, 0) is 58.5 Å². The van der Waals surface area contributed by atoms with Gasteiger partial charge in [0, 0.05) is 34.2 Å². The summed E-state index contributed by atoms with van der Waals surface area (Å²) in [5, 5.41) is 7.74. The van der Waals surface area contributed by atoms with Gasteiger partial charge >= 0.3 is 0 Å². The van der Waals surface area contributed by atoms with Crippen LogP contribution in [0.1, 0.15) is 12.7 Å². The number of benzene rings is 6. The van der Waals surface area contributed by atoms with Crippen molar-refractivity contribution in [2.45, 2.75) is 13.3 Å². The van der Waals surface area contributed by atoms with Crippen molar-refractivity contribution < 1.29 is 0 Å². The van der Waals surface area contributed by atoms with Crippen LogP contribution < -0.4 is 0 Å². The monoisotopic (exact) mass is 616 g/mol. The number of hydrogen-bond acceptors (Lipinski definition) is 2. The second-order valence-corrected chi connectivity index (χ2v) is 12.2. The fourth-order valence-electron chi connectivity index (χ4n) is 7.03. The molecule has 0 unspecified atom stereocenters. The molecule has 9 aromatic rings. The van der Waals surface area contributed by atoms with Gasteiger partial charge in [-0.2, -0.15) is 5.10 Å². The van der Waals surface area contributed by atoms with Crippen molar-refractivity contribution in [3.8, 4) is 50.5 Å². The molecule has 0 bridgehead atoms. The van der Waals surface area contributed by atoms with Gasteiger partial charge < -0.3 is 0 Å². The molecule has 6 aromatic carbocycles. The van der Waals surface area contributed by atoms with Crippen molar-refractivity contribution in [2.24, 2.45) is 0 Å². The molecule has 0 spiro atoms. The van der Waals surface area contributed by atoms with E-state index in [0.29, 0.717) is 0 Å². The number of imidazole rings is 1. The maximum atomic E-state index is 5.38. The number of aryl methyl sites for hydroxylation is 1. The van der Waals surface area contributed by atoms with Crippen molar-refractivity contribution in [3.05, 3.63) is 170 Å². The lowest BCUT2D eigenvalue weighted by Gasteiger charge is -2.12. The summed E-state index contributed by atoms with van der Waals surface area (Å²) in [6, 6.07) is 58.1. The largest absolute Gasteiger partial charge is 0.296 e. The smallest absolute Gasteiger partial charge is 0.114 e. The van der Waals surface area contributed by atoms with Gasteiger partial charge in [0.15, 0.2) is 0 Å². The maximum Gasteiger partial charge on any atom is 0.114 e. The molecule has 3 heterocycles. The Kier molecular flexibility index (Phi) is 6.72. The van der Waals surface area contributed by atoms with Gasteiger partial charge in [0.25, 0.3) is 0 Å². The normalized spacial score (nSPS) is 11.5. The van der Waals surface area contributed by atoms with Crippen LogP contribution in [0.2, 0.25) is 0 Å². The Hall–Kier alpha value is -6.26. The Balaban J connectivity index is 1.24. The van der Waals surface area contributed by atoms with Crippen LogP contribution in [0.15, 0.2) is 164 Å². The van der Waals surface area contributed by atoms with E-state index in [1.807, 2.05) is 6.07 Å². The molecule has 228 valence electrons. The van der Waals surface area contributed by atoms with Crippen molar-refractivity contribution >= 4 is 27.3 Å². The molecule has 0 N–H and O–H groups in total. The molecule has 0 saturated carbocycles. The average Bonchev–Trinajstić information content (AvgIpc) is 3.75. The summed E-state index contributed by atoms with van der Waals surface area (Å²) in [7, 11) is 0. The SMILES string of the molecule is CCc1nc2ccccc2n1-c1ccc(-c2cccc(-c3c(-c4ccccc4)nn4c(-c5ccccc5)cc5ccccc5c34)c2)cc1. The van der Waals surface area contributed by atoms with Crippen molar-refractivity contribution in [1.82, 2.24) is 19.2 Å². The lowest BCUT2D eigenvalue weighted by Crippen LogP contribution is -1.99. The third-order valence-electron chi connectivity index (χ3n) is 9.30. The Bertz CT molecular complexity index is 2580. The van der Waals surface area contributed by atoms with Gasteiger partial charge in [-0.1, -0.05) is 134 Å². The molecule has 4 heteroatoms. The fourth-order valence-corrected chi connectivity index (χ4v) is 7.03. The first-order valence-electron chi connectivity index (χ1n) is 16.5. The highest BCUT2D eigenvalue weighted by atomic mass is 15.2. The summed E-state index contributed by atoms with van der Waals surface area (Å²) in [5.41, 5.74) is 13.2. The Morgan fingerprint density at radius 3 is 2.00 bits per heavy atom. The number of pyridine rings is 1. The molecule has 0 atom stereocenters. The van der Waals surface area contributed by atoms with Crippen LogP contribution in [0.3, 0.4) is 0 Å². The number of nitrogens with zero attached hydrogens (tertiary/aromatic N) is 4. The number of para-hydroxylation sites is 2. The van der Waals surface area contributed by atoms with Crippen LogP contribution >= 0.6 is 0 Å². The average molecular weight is 617 g/mol. The Labute approximate surface area is 279 Å². The van der Waals surface area contributed by atoms with Crippen LogP contribution in [0.4, 0.5) is 0 Å². The minimum Gasteiger partial charge on any atom is -0.296 e. The molecule has 0 aliphatic carbocycles. The summed E-state index contributed by atoms with van der Waals surface area (Å²) in [4.78, 5) is 4.89. The van der Waals surface area contributed by atoms with E-state index in [-0.39, 0.29) is 0 Å². The second kappa shape index (κ2) is 11.5. The molecule has 0 amide bonds. The quantitative estimate of drug-likeness (QED) is 0.186. The minimum atomic E-state index is 0.864. The van der Waals surface area contributed by atoms with Gasteiger partial charge in [-0.25, -0.2) is 9.50 Å². The van der Waals surface area contributed by atoms with Crippen LogP contribution in [0.25, 0.3) is 77.8 Å². The van der Waals surface area contributed by atoms with E-state index in [9.17, 15) is 0 Å². The van der Waals surface area contributed by atoms with E-state index in [4.69, 9.17) is 10.1 Å². The Morgan fingerprint density at radius 1 is 0.542 bits per heavy atom. The lowest BCUT2D eigenvalue weighted by atomic mass is 9.94. The molecular weight excluding hydrogens is 585 g/mol. The summed E-state index contributed by atoms with van der Waals surface area (Å²) < 4.78 is 4.42. The zero-order valence-electron chi connectivity index (χ0n) is 26.6. The maximum absolute atomic E-state index is 5.38. The molecule has 0 aliphatic rings. The number of rotatable bonds is 6. The molecule has 0 aliphatic heterocycles. The van der Waals surface area contributed by atoms with Crippen LogP contribution in [0.5, 0.6) is 0 Å². The summed E-state index contributed by atoms with van der Waals surface area (Å²) in [6.45, 7) is 2.16. The van der Waals surface area contributed by atoms with E-state index >= 15 is 0 Å². The number of hydrogen-bond donors (Lipinski definition) is 0. The van der Waals surface area contributed by atoms with Crippen LogP contribution in [0, 0.1) is 0 Å². The molecule has 4 nitrogen and oxygen atoms in total. The standard InChI is InChI=1S/C44H32N4/c1-2-41-45-38-22-11-12-23-39(38)47(41)36-26-24-30(25-27-36)33-19-13-20-35(28-33)42-43(32-16-7-4-8-17-32)46-48-40(31-14-5-3-6-15-31)29-34-18-9-10-21-37(34)44(42)48/h3-29H,2H2,1H3. The molecule has 48 heavy (non-hydrogen) atoms. The van der Waals surface area contributed by atoms with Crippen LogP contribution in [-0.4, -0.2) is 19.2 Å². The first-order chi connectivity index (χ1) is 23.8. The predicted molar refractivity (Wildman–Crippen MR) is 198 cm³/mol. The minimum absolute atomic E-state index is 0.864. The van der Waals surface area contributed by atoms with E-state index in [1.54, 1.807) is 0 Å². The van der Waals surface area contributed by atoms with Crippen LogP contribution in [-0.2, 0) is 6.42 Å². The first-order valence-corrected chi connectivity index (χ1v) is 16.5. The van der Waals surface area contributed by atoms with Gasteiger partial charge in [0.1, 0.15) is 11.5 Å². The predicted octanol–water partition coefficient (Wildman–Crippen LogP) is 11.1. The van der Waals surface area contributed by atoms with E-state index < -0.39 is 0 Å². The van der Waals surface area contributed by atoms with Crippen molar-refractivity contribution in [1.29, 1.82) is 0 Å². The molecule has 0 saturated heterocycles. The lowest BCUT2D eigenvalue weighted by molar-refractivity contribution is 0.908. The number of aromatic nitrogens is 4. The third-order valence-corrected chi connectivity index (χ3v) is 9.30. The third kappa shape index (κ3) is 4.61. The first kappa shape index (κ1) is 28.0. The summed E-state index contributed by atoms with van der Waals surface area (Å²) >= 11 is 0. The topological polar surface area (TPSA) is 35.1 Å². The molecule has 0 radical (unpaired) electrons. The summed E-state index contributed by atoms with van der Waals surface area (Å²) in [6.07, 6.45) is 0.864. The molecule has 9 rings (SSSR count). The van der Waals surface area contributed by atoms with E-state index in [1.165, 1.54) is 10.8 Å². The summed E-state index contributed by atoms with van der Waals surface area (Å²) in [5.74, 6) is 1.06. The zero-order valence-corrected chi connectivity index (χ0v) is 26.6. The second-order valence-electron chi connectivity index (χ2n) is 12.2. The van der Waals surface area contributed by atoms with Gasteiger partial charge in [-0.3, -0.25) is 4.57 Å². The van der Waals surface area contributed by atoms with E-state index in [0.717, 1.165) is 79.3 Å². The molecule has 3 aromatic heterocycles. The highest BCUT2D eigenvalue weighted by molar-refractivity contribution is 6.08. The Morgan fingerprint density at radius 2 is 1.21 bits per heavy atom. The highest BCUT2D eigenvalue weighted by Gasteiger charge is 2.22. The molecule has 0 fully saturated rings. The van der Waals surface area contributed by atoms with E-state index in [2.05, 4.69) is 174 Å². The molecular formula is C44H32N4. The van der Waals surface area contributed by atoms with Gasteiger partial charge in [-0.15, -0.1) is 0 Å². The van der Waals surface area contributed by atoms with Crippen molar-refractivity contribution in [3.63, 3.8) is 0 Å².